The fourth-order valence-electron chi connectivity index (χ4n) is 2.65. The number of fused-ring (bicyclic) bond motifs is 1. The van der Waals surface area contributed by atoms with Crippen molar-refractivity contribution in [1.82, 2.24) is 10.4 Å². The molecular weight excluding hydrogens is 370 g/mol. The highest BCUT2D eigenvalue weighted by molar-refractivity contribution is 6.31. The number of carbonyl (C=O) groups is 4. The summed E-state index contributed by atoms with van der Waals surface area (Å²) in [5.41, 5.74) is 4.01. The van der Waals surface area contributed by atoms with E-state index in [0.717, 1.165) is 5.56 Å². The summed E-state index contributed by atoms with van der Waals surface area (Å²) in [6, 6.07) is 11.4. The zero-order valence-electron chi connectivity index (χ0n) is 14.4. The van der Waals surface area contributed by atoms with Gasteiger partial charge in [0, 0.05) is 23.6 Å². The molecule has 8 heteroatoms. The summed E-state index contributed by atoms with van der Waals surface area (Å²) in [6.07, 6.45) is -0.292. The molecule has 0 saturated carbocycles. The average Bonchev–Trinajstić information content (AvgIpc) is 2.89. The lowest BCUT2D eigenvalue weighted by molar-refractivity contribution is -0.126. The number of carbonyl (C=O) groups excluding carboxylic acids is 4. The summed E-state index contributed by atoms with van der Waals surface area (Å²) in [6.45, 7) is 1.77. The topological polar surface area (TPSA) is 95.6 Å². The molecule has 138 valence electrons. The smallest absolute Gasteiger partial charge is 0.280 e. The Bertz CT molecular complexity index is 923. The van der Waals surface area contributed by atoms with Crippen LogP contribution >= 0.6 is 11.6 Å². The SMILES string of the molecule is Cc1c(Cl)cccc1NC(=O)CCC(=O)NN1C(=O)c2ccccc2C1=O. The van der Waals surface area contributed by atoms with Crippen LogP contribution in [-0.4, -0.2) is 28.6 Å². The maximum absolute atomic E-state index is 12.2. The Morgan fingerprint density at radius 2 is 1.52 bits per heavy atom. The molecule has 2 aromatic carbocycles. The van der Waals surface area contributed by atoms with Crippen LogP contribution in [-0.2, 0) is 9.59 Å². The lowest BCUT2D eigenvalue weighted by Gasteiger charge is -2.15. The average molecular weight is 386 g/mol. The second-order valence-corrected chi connectivity index (χ2v) is 6.39. The molecule has 2 N–H and O–H groups in total. The van der Waals surface area contributed by atoms with Crippen LogP contribution in [0.5, 0.6) is 0 Å². The Morgan fingerprint density at radius 1 is 0.926 bits per heavy atom. The van der Waals surface area contributed by atoms with Crippen molar-refractivity contribution in [2.75, 3.05) is 5.32 Å². The van der Waals surface area contributed by atoms with E-state index in [1.165, 1.54) is 12.1 Å². The van der Waals surface area contributed by atoms with Crippen LogP contribution in [0.4, 0.5) is 5.69 Å². The van der Waals surface area contributed by atoms with Gasteiger partial charge in [0.05, 0.1) is 11.1 Å². The lowest BCUT2D eigenvalue weighted by Crippen LogP contribution is -2.46. The third-order valence-electron chi connectivity index (χ3n) is 4.15. The van der Waals surface area contributed by atoms with Gasteiger partial charge in [0.2, 0.25) is 11.8 Å². The first kappa shape index (κ1) is 18.6. The molecule has 0 unspecified atom stereocenters. The second kappa shape index (κ2) is 7.59. The second-order valence-electron chi connectivity index (χ2n) is 5.99. The Labute approximate surface area is 160 Å². The minimum atomic E-state index is -0.609. The molecule has 0 atom stereocenters. The van der Waals surface area contributed by atoms with Crippen molar-refractivity contribution in [3.63, 3.8) is 0 Å². The van der Waals surface area contributed by atoms with Crippen molar-refractivity contribution in [3.8, 4) is 0 Å². The number of hydrogen-bond donors (Lipinski definition) is 2. The van der Waals surface area contributed by atoms with Gasteiger partial charge in [0.15, 0.2) is 0 Å². The van der Waals surface area contributed by atoms with E-state index in [1.54, 1.807) is 37.3 Å². The van der Waals surface area contributed by atoms with Gasteiger partial charge in [-0.25, -0.2) is 0 Å². The van der Waals surface area contributed by atoms with Gasteiger partial charge >= 0.3 is 0 Å². The number of hydrazine groups is 1. The van der Waals surface area contributed by atoms with Gasteiger partial charge in [-0.15, -0.1) is 0 Å². The van der Waals surface area contributed by atoms with Crippen molar-refractivity contribution < 1.29 is 19.2 Å². The van der Waals surface area contributed by atoms with E-state index >= 15 is 0 Å². The fraction of sp³-hybridized carbons (Fsp3) is 0.158. The Morgan fingerprint density at radius 3 is 2.15 bits per heavy atom. The number of nitrogens with one attached hydrogen (secondary N) is 2. The van der Waals surface area contributed by atoms with Crippen LogP contribution in [0.1, 0.15) is 39.1 Å². The molecule has 3 rings (SSSR count). The van der Waals surface area contributed by atoms with Gasteiger partial charge in [0.1, 0.15) is 0 Å². The van der Waals surface area contributed by atoms with Crippen molar-refractivity contribution >= 4 is 40.9 Å². The normalized spacial score (nSPS) is 12.7. The van der Waals surface area contributed by atoms with Gasteiger partial charge in [-0.05, 0) is 36.8 Å². The minimum absolute atomic E-state index is 0.110. The van der Waals surface area contributed by atoms with Crippen molar-refractivity contribution in [2.24, 2.45) is 0 Å². The predicted octanol–water partition coefficient (Wildman–Crippen LogP) is 2.69. The zero-order chi connectivity index (χ0) is 19.6. The largest absolute Gasteiger partial charge is 0.326 e. The third kappa shape index (κ3) is 3.83. The number of hydrogen-bond acceptors (Lipinski definition) is 4. The van der Waals surface area contributed by atoms with E-state index in [1.807, 2.05) is 0 Å². The van der Waals surface area contributed by atoms with Crippen LogP contribution in [0, 0.1) is 6.92 Å². The number of rotatable bonds is 5. The number of halogens is 1. The third-order valence-corrected chi connectivity index (χ3v) is 4.56. The maximum Gasteiger partial charge on any atom is 0.280 e. The van der Waals surface area contributed by atoms with Crippen LogP contribution in [0.3, 0.4) is 0 Å². The van der Waals surface area contributed by atoms with E-state index in [9.17, 15) is 19.2 Å². The van der Waals surface area contributed by atoms with Gasteiger partial charge < -0.3 is 5.32 Å². The highest BCUT2D eigenvalue weighted by atomic mass is 35.5. The summed E-state index contributed by atoms with van der Waals surface area (Å²) >= 11 is 6.00. The maximum atomic E-state index is 12.2. The summed E-state index contributed by atoms with van der Waals surface area (Å²) in [7, 11) is 0. The molecule has 0 radical (unpaired) electrons. The van der Waals surface area contributed by atoms with Crippen molar-refractivity contribution in [1.29, 1.82) is 0 Å². The summed E-state index contributed by atoms with van der Waals surface area (Å²) in [5.74, 6) is -2.17. The van der Waals surface area contributed by atoms with E-state index < -0.39 is 17.7 Å². The molecule has 0 saturated heterocycles. The molecule has 27 heavy (non-hydrogen) atoms. The number of amides is 4. The highest BCUT2D eigenvalue weighted by Crippen LogP contribution is 2.23. The first-order chi connectivity index (χ1) is 12.9. The number of benzene rings is 2. The van der Waals surface area contributed by atoms with Crippen LogP contribution in [0.2, 0.25) is 5.02 Å². The standard InChI is InChI=1S/C19H16ClN3O4/c1-11-14(20)7-4-8-15(11)21-16(24)9-10-17(25)22-23-18(26)12-5-2-3-6-13(12)19(23)27/h2-8H,9-10H2,1H3,(H,21,24)(H,22,25). The van der Waals surface area contributed by atoms with Gasteiger partial charge in [-0.3, -0.25) is 24.6 Å². The first-order valence-electron chi connectivity index (χ1n) is 8.20. The Balaban J connectivity index is 1.55. The molecule has 0 spiro atoms. The molecule has 1 aliphatic heterocycles. The van der Waals surface area contributed by atoms with E-state index in [4.69, 9.17) is 11.6 Å². The molecule has 0 aromatic heterocycles. The predicted molar refractivity (Wildman–Crippen MR) is 99.1 cm³/mol. The molecule has 7 nitrogen and oxygen atoms in total. The zero-order valence-corrected chi connectivity index (χ0v) is 15.2. The van der Waals surface area contributed by atoms with Crippen molar-refractivity contribution in [2.45, 2.75) is 19.8 Å². The molecule has 0 bridgehead atoms. The molecule has 0 fully saturated rings. The van der Waals surface area contributed by atoms with Gasteiger partial charge in [0.25, 0.3) is 11.8 Å². The molecular formula is C19H16ClN3O4. The Hall–Kier alpha value is -3.19. The molecule has 1 aliphatic rings. The minimum Gasteiger partial charge on any atom is -0.326 e. The summed E-state index contributed by atoms with van der Waals surface area (Å²) < 4.78 is 0. The van der Waals surface area contributed by atoms with Crippen LogP contribution in [0.15, 0.2) is 42.5 Å². The quantitative estimate of drug-likeness (QED) is 0.773. The van der Waals surface area contributed by atoms with Crippen LogP contribution < -0.4 is 10.7 Å². The number of anilines is 1. The highest BCUT2D eigenvalue weighted by Gasteiger charge is 2.36. The van der Waals surface area contributed by atoms with Gasteiger partial charge in [-0.1, -0.05) is 29.8 Å². The lowest BCUT2D eigenvalue weighted by atomic mass is 10.1. The van der Waals surface area contributed by atoms with Crippen LogP contribution in [0.25, 0.3) is 0 Å². The van der Waals surface area contributed by atoms with Crippen molar-refractivity contribution in [3.05, 3.63) is 64.2 Å². The van der Waals surface area contributed by atoms with E-state index in [2.05, 4.69) is 10.7 Å². The van der Waals surface area contributed by atoms with E-state index in [0.29, 0.717) is 15.7 Å². The molecule has 0 aliphatic carbocycles. The molecule has 2 aromatic rings. The molecule has 4 amide bonds. The number of nitrogens with zero attached hydrogens (tertiary/aromatic N) is 1. The number of imide groups is 1. The summed E-state index contributed by atoms with van der Waals surface area (Å²) in [5, 5.41) is 3.88. The fourth-order valence-corrected chi connectivity index (χ4v) is 2.83. The van der Waals surface area contributed by atoms with Gasteiger partial charge in [-0.2, -0.15) is 5.01 Å². The Kier molecular flexibility index (Phi) is 5.23. The molecule has 1 heterocycles. The first-order valence-corrected chi connectivity index (χ1v) is 8.58. The van der Waals surface area contributed by atoms with E-state index in [-0.39, 0.29) is 29.9 Å². The monoisotopic (exact) mass is 385 g/mol. The summed E-state index contributed by atoms with van der Waals surface area (Å²) in [4.78, 5) is 48.5.